The Hall–Kier alpha value is -2.59. The van der Waals surface area contributed by atoms with Crippen LogP contribution in [0.25, 0.3) is 11.4 Å². The van der Waals surface area contributed by atoms with E-state index in [1.807, 2.05) is 0 Å². The van der Waals surface area contributed by atoms with Crippen molar-refractivity contribution < 1.29 is 35.7 Å². The molecule has 0 bridgehead atoms. The molecule has 0 N–H and O–H groups in total. The number of rotatable bonds is 4. The first-order chi connectivity index (χ1) is 12.0. The predicted molar refractivity (Wildman–Crippen MR) is 74.8 cm³/mol. The fourth-order valence-corrected chi connectivity index (χ4v) is 2.33. The molecule has 0 spiro atoms. The van der Waals surface area contributed by atoms with Gasteiger partial charge in [0.15, 0.2) is 0 Å². The smallest absolute Gasteiger partial charge is 0.329 e. The summed E-state index contributed by atoms with van der Waals surface area (Å²) < 4.78 is 79.4. The van der Waals surface area contributed by atoms with Crippen LogP contribution in [0.2, 0.25) is 0 Å². The number of halogens is 6. The zero-order valence-electron chi connectivity index (χ0n) is 12.9. The quantitative estimate of drug-likeness (QED) is 0.756. The number of amides is 1. The fourth-order valence-electron chi connectivity index (χ4n) is 2.33. The van der Waals surface area contributed by atoms with Gasteiger partial charge in [-0.25, -0.2) is 0 Å². The van der Waals surface area contributed by atoms with Gasteiger partial charge in [-0.3, -0.25) is 4.79 Å². The van der Waals surface area contributed by atoms with E-state index in [1.54, 1.807) is 0 Å². The van der Waals surface area contributed by atoms with Gasteiger partial charge in [-0.05, 0) is 25.0 Å². The van der Waals surface area contributed by atoms with Gasteiger partial charge in [0.05, 0.1) is 0 Å². The summed E-state index contributed by atoms with van der Waals surface area (Å²) in [7, 11) is 0. The number of nitrogens with zero attached hydrogens (tertiary/aromatic N) is 3. The second-order valence-electron chi connectivity index (χ2n) is 5.78. The van der Waals surface area contributed by atoms with Crippen molar-refractivity contribution >= 4 is 5.91 Å². The second kappa shape index (κ2) is 6.29. The highest BCUT2D eigenvalue weighted by molar-refractivity contribution is 5.95. The van der Waals surface area contributed by atoms with Crippen LogP contribution in [0, 0.1) is 0 Å². The molecule has 1 fully saturated rings. The number of hydrogen-bond donors (Lipinski definition) is 0. The van der Waals surface area contributed by atoms with Gasteiger partial charge in [0.25, 0.3) is 5.91 Å². The van der Waals surface area contributed by atoms with Gasteiger partial charge in [0.1, 0.15) is 6.54 Å². The van der Waals surface area contributed by atoms with Crippen LogP contribution < -0.4 is 0 Å². The molecule has 0 aliphatic heterocycles. The molecule has 2 aromatic rings. The van der Waals surface area contributed by atoms with Crippen LogP contribution in [0.1, 0.15) is 29.1 Å². The van der Waals surface area contributed by atoms with Gasteiger partial charge in [0, 0.05) is 17.2 Å². The Morgan fingerprint density at radius 2 is 1.73 bits per heavy atom. The van der Waals surface area contributed by atoms with Gasteiger partial charge in [0.2, 0.25) is 5.82 Å². The van der Waals surface area contributed by atoms with Gasteiger partial charge in [-0.15, -0.1) is 0 Å². The van der Waals surface area contributed by atoms with Crippen LogP contribution in [-0.4, -0.2) is 39.7 Å². The average molecular weight is 379 g/mol. The summed E-state index contributed by atoms with van der Waals surface area (Å²) in [6.45, 7) is -1.35. The molecule has 0 atom stereocenters. The number of carbonyl (C=O) groups excluding carboxylic acids is 1. The summed E-state index contributed by atoms with van der Waals surface area (Å²) in [6.07, 6.45) is -8.30. The van der Waals surface area contributed by atoms with Crippen molar-refractivity contribution in [1.82, 2.24) is 15.0 Å². The van der Waals surface area contributed by atoms with Crippen molar-refractivity contribution in [1.29, 1.82) is 0 Å². The molecule has 140 valence electrons. The molecule has 1 heterocycles. The molecule has 11 heteroatoms. The molecule has 1 aromatic heterocycles. The fraction of sp³-hybridized carbons (Fsp3) is 0.400. The van der Waals surface area contributed by atoms with E-state index >= 15 is 0 Å². The van der Waals surface area contributed by atoms with Crippen molar-refractivity contribution in [2.24, 2.45) is 0 Å². The van der Waals surface area contributed by atoms with Crippen LogP contribution in [-0.2, 0) is 6.18 Å². The van der Waals surface area contributed by atoms with Crippen LogP contribution in [0.15, 0.2) is 28.8 Å². The van der Waals surface area contributed by atoms with E-state index in [2.05, 4.69) is 14.7 Å². The van der Waals surface area contributed by atoms with E-state index in [1.165, 1.54) is 24.3 Å². The summed E-state index contributed by atoms with van der Waals surface area (Å²) >= 11 is 0. The number of carbonyl (C=O) groups is 1. The zero-order chi connectivity index (χ0) is 19.1. The van der Waals surface area contributed by atoms with Crippen molar-refractivity contribution in [3.05, 3.63) is 35.7 Å². The Kier molecular flexibility index (Phi) is 4.41. The van der Waals surface area contributed by atoms with Gasteiger partial charge < -0.3 is 9.42 Å². The molecule has 1 aliphatic carbocycles. The Bertz CT molecular complexity index is 793. The minimum absolute atomic E-state index is 0.00978. The monoisotopic (exact) mass is 379 g/mol. The second-order valence-corrected chi connectivity index (χ2v) is 5.78. The maximum atomic E-state index is 12.6. The third kappa shape index (κ3) is 4.14. The Morgan fingerprint density at radius 3 is 2.19 bits per heavy atom. The van der Waals surface area contributed by atoms with E-state index < -0.39 is 36.7 Å². The standard InChI is InChI=1S/C15H11F6N3O2/c16-14(17,18)7-24(10-5-6-10)12(25)9-3-1-8(2-4-9)11-22-13(26-23-11)15(19,20)21/h1-4,10H,5-7H2. The summed E-state index contributed by atoms with van der Waals surface area (Å²) in [5.41, 5.74) is 0.124. The van der Waals surface area contributed by atoms with Crippen molar-refractivity contribution in [3.8, 4) is 11.4 Å². The highest BCUT2D eigenvalue weighted by Gasteiger charge is 2.41. The number of aromatic nitrogens is 2. The lowest BCUT2D eigenvalue weighted by atomic mass is 10.1. The number of benzene rings is 1. The normalized spacial score (nSPS) is 15.2. The lowest BCUT2D eigenvalue weighted by Gasteiger charge is -2.23. The molecule has 1 aliphatic rings. The van der Waals surface area contributed by atoms with E-state index in [4.69, 9.17) is 0 Å². The molecule has 26 heavy (non-hydrogen) atoms. The largest absolute Gasteiger partial charge is 0.471 e. The third-order valence-corrected chi connectivity index (χ3v) is 3.66. The molecule has 1 amide bonds. The number of alkyl halides is 6. The minimum atomic E-state index is -4.79. The molecule has 0 radical (unpaired) electrons. The van der Waals surface area contributed by atoms with Crippen molar-refractivity contribution in [3.63, 3.8) is 0 Å². The first kappa shape index (κ1) is 18.2. The summed E-state index contributed by atoms with van der Waals surface area (Å²) in [4.78, 5) is 16.3. The molecule has 0 saturated heterocycles. The molecule has 5 nitrogen and oxygen atoms in total. The molecular formula is C15H11F6N3O2. The van der Waals surface area contributed by atoms with Gasteiger partial charge in [-0.1, -0.05) is 17.3 Å². The summed E-state index contributed by atoms with van der Waals surface area (Å²) in [6, 6.07) is 4.48. The summed E-state index contributed by atoms with van der Waals surface area (Å²) in [5, 5.41) is 3.20. The van der Waals surface area contributed by atoms with Crippen LogP contribution in [0.4, 0.5) is 26.3 Å². The Labute approximate surface area is 142 Å². The minimum Gasteiger partial charge on any atom is -0.329 e. The highest BCUT2D eigenvalue weighted by Crippen LogP contribution is 2.32. The first-order valence-electron chi connectivity index (χ1n) is 7.43. The number of hydrogen-bond acceptors (Lipinski definition) is 4. The lowest BCUT2D eigenvalue weighted by Crippen LogP contribution is -2.40. The Balaban J connectivity index is 1.78. The van der Waals surface area contributed by atoms with Gasteiger partial charge >= 0.3 is 18.2 Å². The average Bonchev–Trinajstić information content (AvgIpc) is 3.25. The maximum absolute atomic E-state index is 12.6. The van der Waals surface area contributed by atoms with E-state index in [9.17, 15) is 31.1 Å². The summed E-state index contributed by atoms with van der Waals surface area (Å²) in [5.74, 6) is -2.65. The third-order valence-electron chi connectivity index (χ3n) is 3.66. The highest BCUT2D eigenvalue weighted by atomic mass is 19.4. The zero-order valence-corrected chi connectivity index (χ0v) is 12.9. The molecular weight excluding hydrogens is 368 g/mol. The van der Waals surface area contributed by atoms with E-state index in [0.717, 1.165) is 4.90 Å². The SMILES string of the molecule is O=C(c1ccc(-c2noc(C(F)(F)F)n2)cc1)N(CC(F)(F)F)C1CC1. The molecule has 3 rings (SSSR count). The first-order valence-corrected chi connectivity index (χ1v) is 7.43. The Morgan fingerprint density at radius 1 is 1.12 bits per heavy atom. The molecule has 1 aromatic carbocycles. The molecule has 0 unspecified atom stereocenters. The van der Waals surface area contributed by atoms with Crippen molar-refractivity contribution in [2.75, 3.05) is 6.54 Å². The van der Waals surface area contributed by atoms with E-state index in [-0.39, 0.29) is 17.0 Å². The van der Waals surface area contributed by atoms with Gasteiger partial charge in [-0.2, -0.15) is 31.3 Å². The topological polar surface area (TPSA) is 59.2 Å². The molecule has 1 saturated carbocycles. The van der Waals surface area contributed by atoms with Crippen LogP contribution in [0.3, 0.4) is 0 Å². The van der Waals surface area contributed by atoms with Crippen LogP contribution >= 0.6 is 0 Å². The predicted octanol–water partition coefficient (Wildman–Crippen LogP) is 3.92. The maximum Gasteiger partial charge on any atom is 0.471 e. The lowest BCUT2D eigenvalue weighted by molar-refractivity contribution is -0.159. The van der Waals surface area contributed by atoms with E-state index in [0.29, 0.717) is 12.8 Å². The van der Waals surface area contributed by atoms with Crippen molar-refractivity contribution in [2.45, 2.75) is 31.2 Å². The van der Waals surface area contributed by atoms with Crippen LogP contribution in [0.5, 0.6) is 0 Å².